The summed E-state index contributed by atoms with van der Waals surface area (Å²) in [5, 5.41) is 3.05. The highest BCUT2D eigenvalue weighted by Gasteiger charge is 2.18. The number of benzene rings is 3. The number of ether oxygens (including phenoxy) is 2. The minimum atomic E-state index is -0.168. The second-order valence-electron chi connectivity index (χ2n) is 8.73. The Morgan fingerprint density at radius 2 is 1.73 bits per heavy atom. The lowest BCUT2D eigenvalue weighted by molar-refractivity contribution is 0.102. The van der Waals surface area contributed by atoms with Gasteiger partial charge in [0, 0.05) is 24.5 Å². The van der Waals surface area contributed by atoms with Gasteiger partial charge in [0.15, 0.2) is 0 Å². The van der Waals surface area contributed by atoms with Crippen LogP contribution in [0.15, 0.2) is 66.7 Å². The Morgan fingerprint density at radius 3 is 2.39 bits per heavy atom. The van der Waals surface area contributed by atoms with Crippen molar-refractivity contribution in [1.82, 2.24) is 0 Å². The van der Waals surface area contributed by atoms with Crippen LogP contribution < -0.4 is 15.0 Å². The zero-order valence-electron chi connectivity index (χ0n) is 19.6. The monoisotopic (exact) mass is 444 g/mol. The quantitative estimate of drug-likeness (QED) is 0.501. The van der Waals surface area contributed by atoms with Crippen molar-refractivity contribution in [3.8, 4) is 5.75 Å². The summed E-state index contributed by atoms with van der Waals surface area (Å²) in [6, 6.07) is 21.9. The van der Waals surface area contributed by atoms with E-state index in [9.17, 15) is 4.79 Å². The van der Waals surface area contributed by atoms with Crippen molar-refractivity contribution in [2.24, 2.45) is 0 Å². The number of nitrogens with one attached hydrogen (secondary N) is 1. The third-order valence-electron chi connectivity index (χ3n) is 5.97. The molecule has 1 saturated heterocycles. The zero-order chi connectivity index (χ0) is 23.2. The summed E-state index contributed by atoms with van der Waals surface area (Å²) >= 11 is 0. The normalized spacial score (nSPS) is 13.8. The van der Waals surface area contributed by atoms with E-state index in [1.165, 1.54) is 0 Å². The van der Waals surface area contributed by atoms with Gasteiger partial charge in [0.05, 0.1) is 18.8 Å². The van der Waals surface area contributed by atoms with Crippen molar-refractivity contribution < 1.29 is 14.3 Å². The Kier molecular flexibility index (Phi) is 7.30. The molecule has 0 aliphatic carbocycles. The lowest BCUT2D eigenvalue weighted by Gasteiger charge is -2.28. The molecular formula is C28H32N2O3. The number of hydrogen-bond acceptors (Lipinski definition) is 4. The van der Waals surface area contributed by atoms with Gasteiger partial charge in [-0.25, -0.2) is 0 Å². The Bertz CT molecular complexity index is 1070. The van der Waals surface area contributed by atoms with E-state index >= 15 is 0 Å². The second-order valence-corrected chi connectivity index (χ2v) is 8.73. The Balaban J connectivity index is 1.53. The van der Waals surface area contributed by atoms with Gasteiger partial charge in [-0.05, 0) is 65.9 Å². The molecular weight excluding hydrogens is 412 g/mol. The van der Waals surface area contributed by atoms with E-state index in [-0.39, 0.29) is 5.91 Å². The molecule has 0 atom stereocenters. The van der Waals surface area contributed by atoms with Crippen molar-refractivity contribution in [1.29, 1.82) is 0 Å². The van der Waals surface area contributed by atoms with Crippen molar-refractivity contribution in [2.75, 3.05) is 36.5 Å². The van der Waals surface area contributed by atoms with Crippen LogP contribution in [-0.2, 0) is 11.3 Å². The molecule has 5 heteroatoms. The third-order valence-corrected chi connectivity index (χ3v) is 5.97. The van der Waals surface area contributed by atoms with Gasteiger partial charge in [-0.15, -0.1) is 0 Å². The maximum absolute atomic E-state index is 13.3. The maximum Gasteiger partial charge on any atom is 0.259 e. The van der Waals surface area contributed by atoms with E-state index in [0.29, 0.717) is 23.8 Å². The largest absolute Gasteiger partial charge is 0.488 e. The van der Waals surface area contributed by atoms with E-state index in [4.69, 9.17) is 9.47 Å². The van der Waals surface area contributed by atoms with Gasteiger partial charge >= 0.3 is 0 Å². The zero-order valence-corrected chi connectivity index (χ0v) is 19.6. The number of anilines is 2. The Hall–Kier alpha value is -3.31. The van der Waals surface area contributed by atoms with E-state index in [2.05, 4.69) is 31.0 Å². The first-order valence-electron chi connectivity index (χ1n) is 11.6. The predicted octanol–water partition coefficient (Wildman–Crippen LogP) is 5.79. The molecule has 4 rings (SSSR count). The third kappa shape index (κ3) is 5.74. The van der Waals surface area contributed by atoms with E-state index in [1.54, 1.807) is 0 Å². The first-order valence-corrected chi connectivity index (χ1v) is 11.6. The highest BCUT2D eigenvalue weighted by molar-refractivity contribution is 6.06. The molecule has 33 heavy (non-hydrogen) atoms. The van der Waals surface area contributed by atoms with Crippen LogP contribution in [0.25, 0.3) is 0 Å². The van der Waals surface area contributed by atoms with Crippen molar-refractivity contribution in [3.05, 3.63) is 89.0 Å². The number of carbonyl (C=O) groups excluding carboxylic acids is 1. The molecule has 0 aromatic heterocycles. The minimum absolute atomic E-state index is 0.168. The maximum atomic E-state index is 13.3. The predicted molar refractivity (Wildman–Crippen MR) is 133 cm³/mol. The molecule has 3 aromatic carbocycles. The van der Waals surface area contributed by atoms with Crippen LogP contribution in [0, 0.1) is 6.92 Å². The molecule has 1 amide bonds. The van der Waals surface area contributed by atoms with Crippen LogP contribution >= 0.6 is 0 Å². The van der Waals surface area contributed by atoms with E-state index in [1.807, 2.05) is 66.7 Å². The fraction of sp³-hybridized carbons (Fsp3) is 0.321. The van der Waals surface area contributed by atoms with Gasteiger partial charge in [0.2, 0.25) is 0 Å². The molecule has 0 radical (unpaired) electrons. The van der Waals surface area contributed by atoms with Crippen LogP contribution in [-0.4, -0.2) is 32.2 Å². The minimum Gasteiger partial charge on any atom is -0.488 e. The van der Waals surface area contributed by atoms with Gasteiger partial charge < -0.3 is 19.7 Å². The molecule has 3 aromatic rings. The molecule has 1 heterocycles. The number of rotatable bonds is 7. The molecule has 5 nitrogen and oxygen atoms in total. The van der Waals surface area contributed by atoms with Gasteiger partial charge in [-0.2, -0.15) is 0 Å². The molecule has 172 valence electrons. The van der Waals surface area contributed by atoms with Crippen molar-refractivity contribution in [3.63, 3.8) is 0 Å². The molecule has 1 aliphatic rings. The number of amides is 1. The summed E-state index contributed by atoms with van der Waals surface area (Å²) in [4.78, 5) is 15.6. The first-order chi connectivity index (χ1) is 16.0. The highest BCUT2D eigenvalue weighted by atomic mass is 16.5. The molecule has 0 bridgehead atoms. The summed E-state index contributed by atoms with van der Waals surface area (Å²) in [5.74, 6) is 0.745. The molecule has 1 aliphatic heterocycles. The average molecular weight is 445 g/mol. The lowest BCUT2D eigenvalue weighted by Crippen LogP contribution is -2.36. The van der Waals surface area contributed by atoms with Crippen LogP contribution in [0.3, 0.4) is 0 Å². The average Bonchev–Trinajstić information content (AvgIpc) is 2.84. The molecule has 0 unspecified atom stereocenters. The fourth-order valence-electron chi connectivity index (χ4n) is 4.13. The van der Waals surface area contributed by atoms with Gasteiger partial charge in [-0.1, -0.05) is 44.2 Å². The smallest absolute Gasteiger partial charge is 0.259 e. The van der Waals surface area contributed by atoms with Gasteiger partial charge in [0.25, 0.3) is 5.91 Å². The van der Waals surface area contributed by atoms with Crippen LogP contribution in [0.2, 0.25) is 0 Å². The van der Waals surface area contributed by atoms with Crippen LogP contribution in [0.4, 0.5) is 11.4 Å². The van der Waals surface area contributed by atoms with E-state index < -0.39 is 0 Å². The Morgan fingerprint density at radius 1 is 1.03 bits per heavy atom. The molecule has 0 spiro atoms. The molecule has 1 fully saturated rings. The molecule has 1 N–H and O–H groups in total. The van der Waals surface area contributed by atoms with Crippen molar-refractivity contribution >= 4 is 17.3 Å². The summed E-state index contributed by atoms with van der Waals surface area (Å²) in [6.07, 6.45) is 0. The number of aryl methyl sites for hydroxylation is 1. The Labute approximate surface area is 196 Å². The summed E-state index contributed by atoms with van der Waals surface area (Å²) in [7, 11) is 0. The van der Waals surface area contributed by atoms with Crippen LogP contribution in [0.5, 0.6) is 5.75 Å². The first kappa shape index (κ1) is 22.9. The van der Waals surface area contributed by atoms with E-state index in [0.717, 1.165) is 54.4 Å². The summed E-state index contributed by atoms with van der Waals surface area (Å²) < 4.78 is 11.5. The number of hydrogen-bond donors (Lipinski definition) is 1. The standard InChI is InChI=1S/C28H32N2O3/c1-20(2)25-18-26(27(17-21(25)3)33-19-22-7-5-4-6-8-22)28(31)29-23-9-11-24(12-10-23)30-13-15-32-16-14-30/h4-12,17-18,20H,13-16,19H2,1-3H3,(H,29,31). The van der Waals surface area contributed by atoms with Gasteiger partial charge in [-0.3, -0.25) is 4.79 Å². The second kappa shape index (κ2) is 10.5. The SMILES string of the molecule is Cc1cc(OCc2ccccc2)c(C(=O)Nc2ccc(N3CCOCC3)cc2)cc1C(C)C. The number of carbonyl (C=O) groups is 1. The molecule has 0 saturated carbocycles. The topological polar surface area (TPSA) is 50.8 Å². The fourth-order valence-corrected chi connectivity index (χ4v) is 4.13. The number of morpholine rings is 1. The highest BCUT2D eigenvalue weighted by Crippen LogP contribution is 2.30. The van der Waals surface area contributed by atoms with Crippen LogP contribution in [0.1, 0.15) is 46.8 Å². The van der Waals surface area contributed by atoms with Gasteiger partial charge in [0.1, 0.15) is 12.4 Å². The lowest BCUT2D eigenvalue weighted by atomic mass is 9.95. The summed E-state index contributed by atoms with van der Waals surface area (Å²) in [5.41, 5.74) is 5.79. The summed E-state index contributed by atoms with van der Waals surface area (Å²) in [6.45, 7) is 10.0. The van der Waals surface area contributed by atoms with Crippen molar-refractivity contribution in [2.45, 2.75) is 33.3 Å². The number of nitrogens with zero attached hydrogens (tertiary/aromatic N) is 1.